The van der Waals surface area contributed by atoms with E-state index in [0.717, 1.165) is 29.7 Å². The summed E-state index contributed by atoms with van der Waals surface area (Å²) in [5.74, 6) is 1.39. The van der Waals surface area contributed by atoms with E-state index in [1.807, 2.05) is 69.4 Å². The number of nitrogens with one attached hydrogen (secondary N) is 2. The lowest BCUT2D eigenvalue weighted by Crippen LogP contribution is -2.29. The number of rotatable bonds is 11. The van der Waals surface area contributed by atoms with E-state index in [0.29, 0.717) is 28.8 Å². The zero-order valence-electron chi connectivity index (χ0n) is 23.4. The Labute approximate surface area is 229 Å². The number of carbonyl (C=O) groups excluding carboxylic acids is 1. The lowest BCUT2D eigenvalue weighted by molar-refractivity contribution is -0.111. The van der Waals surface area contributed by atoms with Gasteiger partial charge in [-0.3, -0.25) is 4.79 Å². The fourth-order valence-corrected chi connectivity index (χ4v) is 3.83. The van der Waals surface area contributed by atoms with Crippen LogP contribution in [0.3, 0.4) is 0 Å². The minimum Gasteiger partial charge on any atom is -0.494 e. The number of benzene rings is 2. The largest absolute Gasteiger partial charge is 0.494 e. The van der Waals surface area contributed by atoms with Crippen molar-refractivity contribution >= 4 is 52.4 Å². The quantitative estimate of drug-likeness (QED) is 0.217. The van der Waals surface area contributed by atoms with Gasteiger partial charge in [0.05, 0.1) is 42.2 Å². The highest BCUT2D eigenvalue weighted by atomic mass is 16.5. The SMILES string of the molecule is C=CC(=O)Nc1cc(N/C(N=C)=N/C(=C\C)n2nc(OC)c3ccccc32)c(OC)cc1N(C)CCN(C)C. The van der Waals surface area contributed by atoms with Crippen LogP contribution in [-0.4, -0.2) is 81.7 Å². The van der Waals surface area contributed by atoms with Gasteiger partial charge in [0.1, 0.15) is 5.75 Å². The van der Waals surface area contributed by atoms with E-state index in [-0.39, 0.29) is 11.9 Å². The molecule has 0 unspecified atom stereocenters. The second-order valence-electron chi connectivity index (χ2n) is 8.79. The number of anilines is 3. The Hall–Kier alpha value is -4.64. The van der Waals surface area contributed by atoms with Gasteiger partial charge in [0, 0.05) is 26.2 Å². The van der Waals surface area contributed by atoms with E-state index in [1.165, 1.54) is 6.08 Å². The number of likely N-dealkylation sites (N-methyl/N-ethyl adjacent to an activating group) is 2. The number of ether oxygens (including phenoxy) is 2. The number of aromatic nitrogens is 2. The smallest absolute Gasteiger partial charge is 0.247 e. The molecule has 2 N–H and O–H groups in total. The molecule has 0 aliphatic heterocycles. The van der Waals surface area contributed by atoms with E-state index in [2.05, 4.69) is 43.9 Å². The molecule has 0 aliphatic rings. The molecule has 206 valence electrons. The lowest BCUT2D eigenvalue weighted by Gasteiger charge is -2.26. The first-order valence-corrected chi connectivity index (χ1v) is 12.3. The molecule has 1 amide bonds. The summed E-state index contributed by atoms with van der Waals surface area (Å²) in [7, 11) is 9.11. The molecule has 0 radical (unpaired) electrons. The normalized spacial score (nSPS) is 11.9. The molecule has 0 saturated heterocycles. The Balaban J connectivity index is 2.04. The highest BCUT2D eigenvalue weighted by molar-refractivity contribution is 6.04. The molecule has 0 aliphatic carbocycles. The predicted molar refractivity (Wildman–Crippen MR) is 160 cm³/mol. The maximum absolute atomic E-state index is 12.3. The lowest BCUT2D eigenvalue weighted by atomic mass is 10.2. The first-order valence-electron chi connectivity index (χ1n) is 12.3. The zero-order chi connectivity index (χ0) is 28.5. The van der Waals surface area contributed by atoms with Gasteiger partial charge >= 0.3 is 0 Å². The standard InChI is InChI=1S/C28H36N8O3/c1-9-25(36-22-14-12-11-13-19(22)27(33-36)39-8)32-28(29-3)31-21-17-20(30-26(37)10-2)23(18-24(21)38-7)35(6)16-15-34(4)5/h9-14,17-18H,2-3,15-16H2,1,4-8H3,(H,30,37)(H,31,32)/b25-9+. The van der Waals surface area contributed by atoms with Crippen molar-refractivity contribution < 1.29 is 14.3 Å². The minimum atomic E-state index is -0.333. The maximum atomic E-state index is 12.3. The second kappa shape index (κ2) is 13.2. The first kappa shape index (κ1) is 28.9. The predicted octanol–water partition coefficient (Wildman–Crippen LogP) is 4.16. The van der Waals surface area contributed by atoms with Crippen molar-refractivity contribution in [3.8, 4) is 11.6 Å². The molecule has 11 nitrogen and oxygen atoms in total. The van der Waals surface area contributed by atoms with Crippen molar-refractivity contribution in [1.82, 2.24) is 14.7 Å². The number of amides is 1. The summed E-state index contributed by atoms with van der Waals surface area (Å²) in [6, 6.07) is 11.3. The third kappa shape index (κ3) is 6.82. The molecule has 3 rings (SSSR count). The number of nitrogens with zero attached hydrogens (tertiary/aromatic N) is 6. The Morgan fingerprint density at radius 2 is 1.85 bits per heavy atom. The van der Waals surface area contributed by atoms with E-state index in [1.54, 1.807) is 25.0 Å². The molecular weight excluding hydrogens is 496 g/mol. The summed E-state index contributed by atoms with van der Waals surface area (Å²) in [5.41, 5.74) is 2.71. The molecule has 11 heteroatoms. The van der Waals surface area contributed by atoms with E-state index in [4.69, 9.17) is 9.47 Å². The van der Waals surface area contributed by atoms with Crippen molar-refractivity contribution in [3.63, 3.8) is 0 Å². The van der Waals surface area contributed by atoms with Gasteiger partial charge in [-0.25, -0.2) is 9.67 Å². The van der Waals surface area contributed by atoms with Crippen molar-refractivity contribution in [2.75, 3.05) is 64.0 Å². The van der Waals surface area contributed by atoms with Gasteiger partial charge in [0.15, 0.2) is 5.82 Å². The second-order valence-corrected chi connectivity index (χ2v) is 8.79. The molecule has 2 aromatic carbocycles. The fraction of sp³-hybridized carbons (Fsp3) is 0.286. The number of hydrogen-bond donors (Lipinski definition) is 2. The Bertz CT molecular complexity index is 1410. The molecular formula is C28H36N8O3. The summed E-state index contributed by atoms with van der Waals surface area (Å²) in [4.78, 5) is 25.1. The van der Waals surface area contributed by atoms with Crippen LogP contribution < -0.4 is 25.0 Å². The maximum Gasteiger partial charge on any atom is 0.247 e. The van der Waals surface area contributed by atoms with Crippen LogP contribution in [0.5, 0.6) is 11.6 Å². The van der Waals surface area contributed by atoms with Gasteiger partial charge in [-0.15, -0.1) is 5.10 Å². The number of guanidine groups is 1. The molecule has 3 aromatic rings. The zero-order valence-corrected chi connectivity index (χ0v) is 23.4. The van der Waals surface area contributed by atoms with Gasteiger partial charge < -0.3 is 29.9 Å². The van der Waals surface area contributed by atoms with Crippen LogP contribution in [0.1, 0.15) is 6.92 Å². The van der Waals surface area contributed by atoms with E-state index >= 15 is 0 Å². The first-order chi connectivity index (χ1) is 18.8. The summed E-state index contributed by atoms with van der Waals surface area (Å²) in [6.07, 6.45) is 3.03. The van der Waals surface area contributed by atoms with Gasteiger partial charge in [-0.2, -0.15) is 4.99 Å². The Morgan fingerprint density at radius 1 is 1.10 bits per heavy atom. The number of para-hydroxylation sites is 1. The van der Waals surface area contributed by atoms with Crippen LogP contribution in [0.25, 0.3) is 16.7 Å². The van der Waals surface area contributed by atoms with Crippen LogP contribution in [0.2, 0.25) is 0 Å². The average molecular weight is 533 g/mol. The monoisotopic (exact) mass is 532 g/mol. The molecule has 1 aromatic heterocycles. The topological polar surface area (TPSA) is 109 Å². The third-order valence-corrected chi connectivity index (χ3v) is 5.89. The molecule has 0 atom stereocenters. The van der Waals surface area contributed by atoms with Gasteiger partial charge in [0.2, 0.25) is 17.7 Å². The van der Waals surface area contributed by atoms with Gasteiger partial charge in [0.25, 0.3) is 0 Å². The highest BCUT2D eigenvalue weighted by Crippen LogP contribution is 2.37. The van der Waals surface area contributed by atoms with Crippen molar-refractivity contribution in [2.45, 2.75) is 6.92 Å². The Morgan fingerprint density at radius 3 is 2.46 bits per heavy atom. The van der Waals surface area contributed by atoms with Crippen LogP contribution >= 0.6 is 0 Å². The molecule has 0 spiro atoms. The minimum absolute atomic E-state index is 0.203. The number of allylic oxidation sites excluding steroid dienone is 1. The number of fused-ring (bicyclic) bond motifs is 1. The highest BCUT2D eigenvalue weighted by Gasteiger charge is 2.18. The number of methoxy groups -OCH3 is 2. The van der Waals surface area contributed by atoms with Crippen LogP contribution in [-0.2, 0) is 4.79 Å². The Kier molecular flexibility index (Phi) is 9.82. The fourth-order valence-electron chi connectivity index (χ4n) is 3.83. The number of carbonyl (C=O) groups is 1. The van der Waals surface area contributed by atoms with Crippen molar-refractivity contribution in [3.05, 3.63) is 55.1 Å². The molecule has 1 heterocycles. The molecule has 39 heavy (non-hydrogen) atoms. The van der Waals surface area contributed by atoms with E-state index < -0.39 is 0 Å². The third-order valence-electron chi connectivity index (χ3n) is 5.89. The number of hydrogen-bond acceptors (Lipinski definition) is 7. The van der Waals surface area contributed by atoms with E-state index in [9.17, 15) is 4.79 Å². The summed E-state index contributed by atoms with van der Waals surface area (Å²) in [5, 5.41) is 11.5. The molecule has 0 bridgehead atoms. The van der Waals surface area contributed by atoms with Crippen LogP contribution in [0.4, 0.5) is 17.1 Å². The average Bonchev–Trinajstić information content (AvgIpc) is 3.32. The van der Waals surface area contributed by atoms with Crippen molar-refractivity contribution in [2.24, 2.45) is 9.98 Å². The molecule has 0 saturated carbocycles. The van der Waals surface area contributed by atoms with Crippen LogP contribution in [0, 0.1) is 0 Å². The molecule has 0 fully saturated rings. The van der Waals surface area contributed by atoms with Crippen molar-refractivity contribution in [1.29, 1.82) is 0 Å². The summed E-state index contributed by atoms with van der Waals surface area (Å²) in [6.45, 7) is 10.7. The summed E-state index contributed by atoms with van der Waals surface area (Å²) >= 11 is 0. The number of aliphatic imine (C=N–C) groups is 2. The summed E-state index contributed by atoms with van der Waals surface area (Å²) < 4.78 is 12.8. The van der Waals surface area contributed by atoms with Gasteiger partial charge in [-0.1, -0.05) is 18.7 Å². The van der Waals surface area contributed by atoms with Gasteiger partial charge in [-0.05, 0) is 58.1 Å². The van der Waals surface area contributed by atoms with Crippen LogP contribution in [0.15, 0.2) is 65.1 Å².